The van der Waals surface area contributed by atoms with Crippen LogP contribution in [0.1, 0.15) is 22.2 Å². The molecule has 0 fully saturated rings. The molecule has 0 saturated heterocycles. The van der Waals surface area contributed by atoms with Crippen molar-refractivity contribution < 1.29 is 25.2 Å². The van der Waals surface area contributed by atoms with E-state index in [1.807, 2.05) is 84.9 Å². The Morgan fingerprint density at radius 1 is 0.577 bits per heavy atom. The van der Waals surface area contributed by atoms with Crippen molar-refractivity contribution in [1.82, 2.24) is 9.55 Å². The number of hydrogen-bond acceptors (Lipinski definition) is 5. The fraction of sp³-hybridized carbons (Fsp3) is 0.0222. The number of phenolic OH excluding ortho intramolecular Hbond substituents is 1. The van der Waals surface area contributed by atoms with Gasteiger partial charge in [-0.15, -0.1) is 0 Å². The van der Waals surface area contributed by atoms with Gasteiger partial charge in [-0.25, -0.2) is 9.78 Å². The molecule has 0 radical (unpaired) electrons. The molecule has 0 aliphatic rings. The number of aliphatic hydroxyl groups excluding tert-OH is 1. The van der Waals surface area contributed by atoms with Crippen LogP contribution in [-0.2, 0) is 0 Å². The minimum atomic E-state index is -1.55. The molecule has 250 valence electrons. The van der Waals surface area contributed by atoms with Crippen molar-refractivity contribution in [2.75, 3.05) is 0 Å². The van der Waals surface area contributed by atoms with Crippen LogP contribution in [-0.4, -0.2) is 35.9 Å². The van der Waals surface area contributed by atoms with E-state index in [-0.39, 0.29) is 11.3 Å². The van der Waals surface area contributed by atoms with Gasteiger partial charge >= 0.3 is 5.97 Å². The van der Waals surface area contributed by atoms with E-state index in [2.05, 4.69) is 41.0 Å². The van der Waals surface area contributed by atoms with Crippen molar-refractivity contribution in [2.24, 2.45) is 0 Å². The van der Waals surface area contributed by atoms with Crippen LogP contribution < -0.4 is 0 Å². The highest BCUT2D eigenvalue weighted by Gasteiger charge is 2.23. The number of imidazole rings is 1. The molecule has 0 aliphatic heterocycles. The predicted octanol–water partition coefficient (Wildman–Crippen LogP) is 9.87. The van der Waals surface area contributed by atoms with Crippen molar-refractivity contribution in [3.63, 3.8) is 0 Å². The smallest absolute Gasteiger partial charge is 0.335 e. The molecule has 7 heteroatoms. The minimum absolute atomic E-state index is 0.117. The monoisotopic (exact) mass is 678 g/mol. The van der Waals surface area contributed by atoms with E-state index in [4.69, 9.17) is 4.98 Å². The largest absolute Gasteiger partial charge is 0.507 e. The number of hydrogen-bond donors (Lipinski definition) is 4. The minimum Gasteiger partial charge on any atom is -0.507 e. The zero-order valence-electron chi connectivity index (χ0n) is 27.6. The summed E-state index contributed by atoms with van der Waals surface area (Å²) in [5.41, 5.74) is 7.35. The molecule has 0 spiro atoms. The zero-order chi connectivity index (χ0) is 35.5. The summed E-state index contributed by atoms with van der Waals surface area (Å²) in [5.74, 6) is -0.275. The number of aliphatic hydroxyl groups is 2. The quantitative estimate of drug-likeness (QED) is 0.103. The molecule has 8 aromatic carbocycles. The summed E-state index contributed by atoms with van der Waals surface area (Å²) in [6.45, 7) is 0. The fourth-order valence-corrected chi connectivity index (χ4v) is 7.24. The van der Waals surface area contributed by atoms with E-state index in [9.17, 15) is 25.2 Å². The molecule has 1 heterocycles. The standard InChI is InChI=1S/C45H30N2O5/c48-40-25-31-7-5-4-6-30(31)24-39(40)43-46-41-37-22-32(26-10-14-28(15-11-26)44(49)50)18-20-35(37)36-21-19-33(27-12-16-29(17-13-27)45(51)52)23-38(36)42(41)47(43)34-8-2-1-3-9-34/h1-25,44,48-50H,(H,51,52). The first-order chi connectivity index (χ1) is 25.3. The molecule has 1 aromatic heterocycles. The van der Waals surface area contributed by atoms with Crippen molar-refractivity contribution in [3.05, 3.63) is 163 Å². The third-order valence-electron chi connectivity index (χ3n) is 9.84. The number of para-hydroxylation sites is 1. The molecule has 9 aromatic rings. The molecule has 0 bridgehead atoms. The van der Waals surface area contributed by atoms with Crippen LogP contribution in [0.2, 0.25) is 0 Å². The van der Waals surface area contributed by atoms with Gasteiger partial charge in [0.25, 0.3) is 0 Å². The Balaban J connectivity index is 1.40. The van der Waals surface area contributed by atoms with Crippen LogP contribution in [0.15, 0.2) is 152 Å². The van der Waals surface area contributed by atoms with Gasteiger partial charge in [-0.05, 0) is 92.3 Å². The van der Waals surface area contributed by atoms with Gasteiger partial charge in [-0.3, -0.25) is 4.57 Å². The Morgan fingerprint density at radius 2 is 1.13 bits per heavy atom. The normalized spacial score (nSPS) is 11.7. The summed E-state index contributed by atoms with van der Waals surface area (Å²) in [4.78, 5) is 17.0. The average molecular weight is 679 g/mol. The Hall–Kier alpha value is -6.80. The number of benzene rings is 8. The van der Waals surface area contributed by atoms with E-state index in [1.54, 1.807) is 30.3 Å². The first-order valence-corrected chi connectivity index (χ1v) is 16.8. The molecule has 0 amide bonds. The molecule has 7 nitrogen and oxygen atoms in total. The van der Waals surface area contributed by atoms with Crippen LogP contribution in [0, 0.1) is 0 Å². The number of aromatic nitrogens is 2. The molecule has 0 atom stereocenters. The Morgan fingerprint density at radius 3 is 1.77 bits per heavy atom. The first kappa shape index (κ1) is 31.2. The van der Waals surface area contributed by atoms with Gasteiger partial charge in [0.2, 0.25) is 0 Å². The van der Waals surface area contributed by atoms with E-state index in [1.165, 1.54) is 0 Å². The SMILES string of the molecule is O=C(O)c1ccc(-c2ccc3c4ccc(-c5ccc(C(O)O)cc5)cc4c4nc(-c5cc6ccccc6cc5O)n(-c5ccccc5)c4c3c2)cc1. The number of nitrogens with zero attached hydrogens (tertiary/aromatic N) is 2. The fourth-order valence-electron chi connectivity index (χ4n) is 7.24. The lowest BCUT2D eigenvalue weighted by atomic mass is 9.93. The van der Waals surface area contributed by atoms with Crippen LogP contribution in [0.3, 0.4) is 0 Å². The van der Waals surface area contributed by atoms with E-state index < -0.39 is 12.3 Å². The number of aromatic hydroxyl groups is 1. The summed E-state index contributed by atoms with van der Waals surface area (Å²) < 4.78 is 2.11. The predicted molar refractivity (Wildman–Crippen MR) is 206 cm³/mol. The Bertz CT molecular complexity index is 2840. The average Bonchev–Trinajstić information content (AvgIpc) is 3.59. The van der Waals surface area contributed by atoms with Gasteiger partial charge in [0.15, 0.2) is 6.29 Å². The van der Waals surface area contributed by atoms with Crippen LogP contribution in [0.25, 0.3) is 82.7 Å². The number of aromatic carboxylic acids is 1. The van der Waals surface area contributed by atoms with Crippen LogP contribution in [0.5, 0.6) is 5.75 Å². The van der Waals surface area contributed by atoms with Crippen molar-refractivity contribution in [1.29, 1.82) is 0 Å². The molecule has 0 unspecified atom stereocenters. The van der Waals surface area contributed by atoms with Gasteiger partial charge in [0.1, 0.15) is 11.6 Å². The van der Waals surface area contributed by atoms with Crippen molar-refractivity contribution >= 4 is 49.3 Å². The topological polar surface area (TPSA) is 116 Å². The van der Waals surface area contributed by atoms with E-state index in [0.29, 0.717) is 17.0 Å². The number of fused-ring (bicyclic) bond motifs is 7. The highest BCUT2D eigenvalue weighted by atomic mass is 16.5. The van der Waals surface area contributed by atoms with E-state index in [0.717, 1.165) is 71.3 Å². The highest BCUT2D eigenvalue weighted by Crippen LogP contribution is 2.43. The van der Waals surface area contributed by atoms with Crippen LogP contribution >= 0.6 is 0 Å². The zero-order valence-corrected chi connectivity index (χ0v) is 27.6. The number of rotatable bonds is 6. The van der Waals surface area contributed by atoms with Crippen LogP contribution in [0.4, 0.5) is 0 Å². The second kappa shape index (κ2) is 12.2. The maximum atomic E-state index is 11.6. The molecule has 9 rings (SSSR count). The van der Waals surface area contributed by atoms with Gasteiger partial charge in [0, 0.05) is 22.0 Å². The van der Waals surface area contributed by atoms with Gasteiger partial charge < -0.3 is 20.4 Å². The van der Waals surface area contributed by atoms with Gasteiger partial charge in [-0.1, -0.05) is 103 Å². The second-order valence-electron chi connectivity index (χ2n) is 12.9. The number of phenols is 1. The Labute approximate surface area is 297 Å². The highest BCUT2D eigenvalue weighted by molar-refractivity contribution is 6.25. The summed E-state index contributed by atoms with van der Waals surface area (Å²) in [7, 11) is 0. The van der Waals surface area contributed by atoms with E-state index >= 15 is 0 Å². The molecule has 4 N–H and O–H groups in total. The van der Waals surface area contributed by atoms with Gasteiger partial charge in [-0.2, -0.15) is 0 Å². The molecular formula is C45H30N2O5. The summed E-state index contributed by atoms with van der Waals surface area (Å²) in [6, 6.07) is 48.2. The Kier molecular flexibility index (Phi) is 7.32. The lowest BCUT2D eigenvalue weighted by Gasteiger charge is -2.15. The summed E-state index contributed by atoms with van der Waals surface area (Å²) in [5, 5.41) is 46.2. The first-order valence-electron chi connectivity index (χ1n) is 16.8. The third kappa shape index (κ3) is 5.15. The molecule has 52 heavy (non-hydrogen) atoms. The summed E-state index contributed by atoms with van der Waals surface area (Å²) in [6.07, 6.45) is -1.55. The van der Waals surface area contributed by atoms with Crippen molar-refractivity contribution in [3.8, 4) is 45.1 Å². The number of carboxylic acids is 1. The number of carboxylic acid groups (broad SMARTS) is 1. The lowest BCUT2D eigenvalue weighted by Crippen LogP contribution is -1.98. The summed E-state index contributed by atoms with van der Waals surface area (Å²) >= 11 is 0. The third-order valence-corrected chi connectivity index (χ3v) is 9.84. The maximum absolute atomic E-state index is 11.6. The molecule has 0 saturated carbocycles. The van der Waals surface area contributed by atoms with Gasteiger partial charge in [0.05, 0.1) is 22.2 Å². The lowest BCUT2D eigenvalue weighted by molar-refractivity contribution is -0.0424. The number of carbonyl (C=O) groups is 1. The van der Waals surface area contributed by atoms with Crippen molar-refractivity contribution in [2.45, 2.75) is 6.29 Å². The second-order valence-corrected chi connectivity index (χ2v) is 12.9. The maximum Gasteiger partial charge on any atom is 0.335 e. The molecule has 0 aliphatic carbocycles. The molecular weight excluding hydrogens is 649 g/mol.